The van der Waals surface area contributed by atoms with Crippen LogP contribution in [-0.4, -0.2) is 49.7 Å². The van der Waals surface area contributed by atoms with Gasteiger partial charge in [-0.05, 0) is 6.42 Å². The highest BCUT2D eigenvalue weighted by Crippen LogP contribution is 2.59. The molecular weight excluding hydrogens is 265 g/mol. The van der Waals surface area contributed by atoms with E-state index in [9.17, 15) is 24.2 Å². The van der Waals surface area contributed by atoms with Gasteiger partial charge < -0.3 is 15.9 Å². The van der Waals surface area contributed by atoms with Gasteiger partial charge in [-0.3, -0.25) is 9.59 Å². The fraction of sp³-hybridized carbons (Fsp3) is 0.667. The zero-order chi connectivity index (χ0) is 14.1. The lowest BCUT2D eigenvalue weighted by molar-refractivity contribution is -0.139. The van der Waals surface area contributed by atoms with Crippen molar-refractivity contribution in [1.82, 2.24) is 0 Å². The van der Waals surface area contributed by atoms with Crippen LogP contribution < -0.4 is 5.73 Å². The molecule has 6 N–H and O–H groups in total. The first-order valence-electron chi connectivity index (χ1n) is 5.26. The first kappa shape index (κ1) is 15.0. The SMILES string of the molecule is N[C@@H](CC[P+](O)(O)C(=O)C1CC1C(=O)O)C(=O)O. The Labute approximate surface area is 103 Å². The number of carboxylic acid groups (broad SMARTS) is 2. The smallest absolute Gasteiger partial charge is 0.337 e. The van der Waals surface area contributed by atoms with Crippen LogP contribution in [0.5, 0.6) is 0 Å². The first-order valence-corrected chi connectivity index (χ1v) is 7.14. The largest absolute Gasteiger partial charge is 0.481 e. The highest BCUT2D eigenvalue weighted by Gasteiger charge is 2.59. The molecule has 0 spiro atoms. The summed E-state index contributed by atoms with van der Waals surface area (Å²) in [5.41, 5.74) is 4.30. The van der Waals surface area contributed by atoms with Crippen LogP contribution in [0.25, 0.3) is 0 Å². The van der Waals surface area contributed by atoms with Crippen LogP contribution in [0.3, 0.4) is 0 Å². The van der Waals surface area contributed by atoms with Crippen molar-refractivity contribution >= 4 is 25.2 Å². The van der Waals surface area contributed by atoms with Crippen molar-refractivity contribution in [3.8, 4) is 0 Å². The van der Waals surface area contributed by atoms with Crippen LogP contribution in [0.4, 0.5) is 0 Å². The normalized spacial score (nSPS) is 24.4. The Bertz CT molecular complexity index is 383. The van der Waals surface area contributed by atoms with Gasteiger partial charge in [0.2, 0.25) is 0 Å². The van der Waals surface area contributed by atoms with E-state index in [1.807, 2.05) is 0 Å². The average Bonchev–Trinajstić information content (AvgIpc) is 3.04. The van der Waals surface area contributed by atoms with Gasteiger partial charge in [0.05, 0.1) is 11.8 Å². The van der Waals surface area contributed by atoms with E-state index in [2.05, 4.69) is 0 Å². The molecule has 0 bridgehead atoms. The molecule has 1 aliphatic carbocycles. The summed E-state index contributed by atoms with van der Waals surface area (Å²) in [6.07, 6.45) is -0.573. The Morgan fingerprint density at radius 2 is 1.78 bits per heavy atom. The van der Waals surface area contributed by atoms with Gasteiger partial charge in [0, 0.05) is 6.42 Å². The summed E-state index contributed by atoms with van der Waals surface area (Å²) in [6, 6.07) is -1.27. The average molecular weight is 280 g/mol. The Morgan fingerprint density at radius 1 is 1.22 bits per heavy atom. The highest BCUT2D eigenvalue weighted by atomic mass is 31.2. The lowest BCUT2D eigenvalue weighted by atomic mass is 10.2. The minimum Gasteiger partial charge on any atom is -0.481 e. The third-order valence-corrected chi connectivity index (χ3v) is 4.77. The number of carbonyl (C=O) groups excluding carboxylic acids is 1. The van der Waals surface area contributed by atoms with Gasteiger partial charge in [-0.15, -0.1) is 0 Å². The van der Waals surface area contributed by atoms with Crippen LogP contribution >= 0.6 is 7.72 Å². The Morgan fingerprint density at radius 3 is 2.17 bits per heavy atom. The zero-order valence-corrected chi connectivity index (χ0v) is 10.3. The molecule has 2 unspecified atom stereocenters. The summed E-state index contributed by atoms with van der Waals surface area (Å²) in [4.78, 5) is 51.8. The summed E-state index contributed by atoms with van der Waals surface area (Å²) < 4.78 is 0. The van der Waals surface area contributed by atoms with Crippen LogP contribution in [-0.2, 0) is 14.4 Å². The van der Waals surface area contributed by atoms with E-state index < -0.39 is 49.2 Å². The molecule has 1 aliphatic rings. The minimum atomic E-state index is -3.94. The lowest BCUT2D eigenvalue weighted by Gasteiger charge is -2.11. The van der Waals surface area contributed by atoms with E-state index in [0.29, 0.717) is 0 Å². The molecule has 3 atom stereocenters. The van der Waals surface area contributed by atoms with Crippen LogP contribution in [0.15, 0.2) is 0 Å². The molecule has 0 radical (unpaired) electrons. The van der Waals surface area contributed by atoms with Crippen molar-refractivity contribution in [3.05, 3.63) is 0 Å². The molecule has 0 aromatic carbocycles. The molecule has 0 heterocycles. The molecule has 102 valence electrons. The Kier molecular flexibility index (Phi) is 4.39. The van der Waals surface area contributed by atoms with Gasteiger partial charge in [0.15, 0.2) is 0 Å². The Balaban J connectivity index is 2.51. The standard InChI is InChI=1S/C9H14NO7P/c10-6(8(13)14)1-2-18(16,17)9(15)5-3-4(5)7(11)12/h4-6,16-17H,1-3,10H2,(H-,11,12,13,14)/p+1/t4?,5?,6-/m0/s1. The van der Waals surface area contributed by atoms with Gasteiger partial charge >= 0.3 is 25.2 Å². The quantitative estimate of drug-likeness (QED) is 0.366. The summed E-state index contributed by atoms with van der Waals surface area (Å²) in [5.74, 6) is -4.16. The fourth-order valence-corrected chi connectivity index (χ4v) is 3.23. The van der Waals surface area contributed by atoms with E-state index in [0.717, 1.165) is 0 Å². The third-order valence-electron chi connectivity index (χ3n) is 2.85. The first-order chi connectivity index (χ1) is 8.16. The number of aliphatic carboxylic acids is 2. The zero-order valence-electron chi connectivity index (χ0n) is 9.39. The number of carboxylic acids is 2. The maximum atomic E-state index is 11.6. The molecule has 0 aliphatic heterocycles. The van der Waals surface area contributed by atoms with Gasteiger partial charge in [0.25, 0.3) is 0 Å². The summed E-state index contributed by atoms with van der Waals surface area (Å²) >= 11 is 0. The van der Waals surface area contributed by atoms with Crippen LogP contribution in [0.1, 0.15) is 12.8 Å². The molecule has 0 saturated heterocycles. The fourth-order valence-electron chi connectivity index (χ4n) is 1.56. The molecular formula is C9H15NO7P+. The molecule has 0 aromatic heterocycles. The number of carbonyl (C=O) groups is 3. The molecule has 0 aromatic rings. The number of hydrogen-bond acceptors (Lipinski definition) is 6. The van der Waals surface area contributed by atoms with Crippen LogP contribution in [0.2, 0.25) is 0 Å². The lowest BCUT2D eigenvalue weighted by Crippen LogP contribution is -2.31. The second-order valence-electron chi connectivity index (χ2n) is 4.31. The van der Waals surface area contributed by atoms with E-state index in [1.165, 1.54) is 0 Å². The third kappa shape index (κ3) is 3.46. The maximum Gasteiger partial charge on any atom is 0.337 e. The predicted octanol–water partition coefficient (Wildman–Crippen LogP) is -1.13. The summed E-state index contributed by atoms with van der Waals surface area (Å²) in [5, 5.41) is 17.1. The van der Waals surface area contributed by atoms with Crippen molar-refractivity contribution in [2.75, 3.05) is 6.16 Å². The number of rotatable bonds is 7. The van der Waals surface area contributed by atoms with Gasteiger partial charge in [-0.1, -0.05) is 0 Å². The van der Waals surface area contributed by atoms with E-state index in [4.69, 9.17) is 15.9 Å². The van der Waals surface area contributed by atoms with Crippen LogP contribution in [0, 0.1) is 11.8 Å². The number of nitrogens with two attached hydrogens (primary N) is 1. The molecule has 1 rings (SSSR count). The second-order valence-corrected chi connectivity index (χ2v) is 6.66. The Hall–Kier alpha value is -1.08. The van der Waals surface area contributed by atoms with E-state index in [-0.39, 0.29) is 12.8 Å². The van der Waals surface area contributed by atoms with Crippen molar-refractivity contribution in [3.63, 3.8) is 0 Å². The highest BCUT2D eigenvalue weighted by molar-refractivity contribution is 7.81. The second kappa shape index (κ2) is 5.27. The summed E-state index contributed by atoms with van der Waals surface area (Å²) in [6.45, 7) is 0. The van der Waals surface area contributed by atoms with Crippen molar-refractivity contribution in [2.24, 2.45) is 17.6 Å². The minimum absolute atomic E-state index is 0.0992. The number of hydrogen-bond donors (Lipinski definition) is 5. The van der Waals surface area contributed by atoms with Gasteiger partial charge in [0.1, 0.15) is 12.2 Å². The van der Waals surface area contributed by atoms with Crippen molar-refractivity contribution < 1.29 is 34.4 Å². The molecule has 9 heteroatoms. The van der Waals surface area contributed by atoms with Crippen molar-refractivity contribution in [2.45, 2.75) is 18.9 Å². The summed E-state index contributed by atoms with van der Waals surface area (Å²) in [7, 11) is -3.94. The predicted molar refractivity (Wildman–Crippen MR) is 60.7 cm³/mol. The molecule has 18 heavy (non-hydrogen) atoms. The molecule has 1 fully saturated rings. The monoisotopic (exact) mass is 280 g/mol. The molecule has 1 saturated carbocycles. The van der Waals surface area contributed by atoms with E-state index >= 15 is 0 Å². The van der Waals surface area contributed by atoms with Gasteiger partial charge in [-0.2, -0.15) is 0 Å². The molecule has 8 nitrogen and oxygen atoms in total. The van der Waals surface area contributed by atoms with E-state index in [1.54, 1.807) is 0 Å². The maximum absolute atomic E-state index is 11.6. The molecule has 0 amide bonds. The van der Waals surface area contributed by atoms with Gasteiger partial charge in [-0.25, -0.2) is 14.6 Å². The topological polar surface area (TPSA) is 158 Å². The van der Waals surface area contributed by atoms with Crippen molar-refractivity contribution in [1.29, 1.82) is 0 Å².